The van der Waals surface area contributed by atoms with Crippen molar-refractivity contribution in [3.05, 3.63) is 48.4 Å². The van der Waals surface area contributed by atoms with Crippen molar-refractivity contribution in [2.75, 3.05) is 76.3 Å². The van der Waals surface area contributed by atoms with E-state index in [1.165, 1.54) is 6.26 Å². The van der Waals surface area contributed by atoms with Gasteiger partial charge in [-0.05, 0) is 50.4 Å². The molecule has 3 amide bonds. The Labute approximate surface area is 205 Å². The lowest BCUT2D eigenvalue weighted by atomic mass is 10.2. The van der Waals surface area contributed by atoms with Gasteiger partial charge in [-0.25, -0.2) is 0 Å². The second kappa shape index (κ2) is 11.4. The van der Waals surface area contributed by atoms with Gasteiger partial charge in [-0.1, -0.05) is 0 Å². The van der Waals surface area contributed by atoms with Crippen LogP contribution in [0.4, 0.5) is 11.4 Å². The lowest BCUT2D eigenvalue weighted by Gasteiger charge is -2.37. The first kappa shape index (κ1) is 24.7. The van der Waals surface area contributed by atoms with Gasteiger partial charge in [-0.15, -0.1) is 0 Å². The molecule has 35 heavy (non-hydrogen) atoms. The summed E-state index contributed by atoms with van der Waals surface area (Å²) in [5.74, 6) is -0.0954. The van der Waals surface area contributed by atoms with Crippen LogP contribution >= 0.6 is 0 Å². The molecule has 0 saturated carbocycles. The minimum Gasteiger partial charge on any atom is -0.459 e. The molecular formula is C25H33N5O5. The molecule has 2 aliphatic heterocycles. The zero-order valence-corrected chi connectivity index (χ0v) is 20.3. The minimum absolute atomic E-state index is 0.0553. The van der Waals surface area contributed by atoms with Crippen LogP contribution in [0, 0.1) is 0 Å². The number of carbonyl (C=O) groups excluding carboxylic acids is 3. The fourth-order valence-corrected chi connectivity index (χ4v) is 4.28. The van der Waals surface area contributed by atoms with Gasteiger partial charge in [0, 0.05) is 50.6 Å². The normalized spacial score (nSPS) is 17.4. The molecule has 10 nitrogen and oxygen atoms in total. The van der Waals surface area contributed by atoms with Crippen molar-refractivity contribution in [2.45, 2.75) is 13.0 Å². The molecule has 0 spiro atoms. The van der Waals surface area contributed by atoms with Gasteiger partial charge in [-0.3, -0.25) is 19.3 Å². The monoisotopic (exact) mass is 483 g/mol. The number of furan rings is 1. The van der Waals surface area contributed by atoms with E-state index in [2.05, 4.69) is 10.2 Å². The third kappa shape index (κ3) is 6.20. The van der Waals surface area contributed by atoms with Crippen molar-refractivity contribution in [1.29, 1.82) is 0 Å². The molecule has 0 aliphatic carbocycles. The number of benzene rings is 1. The number of morpholine rings is 1. The maximum absolute atomic E-state index is 13.0. The highest BCUT2D eigenvalue weighted by molar-refractivity contribution is 5.93. The zero-order valence-electron chi connectivity index (χ0n) is 20.3. The van der Waals surface area contributed by atoms with Crippen molar-refractivity contribution >= 4 is 29.1 Å². The number of hydrogen-bond acceptors (Lipinski definition) is 7. The van der Waals surface area contributed by atoms with Crippen molar-refractivity contribution < 1.29 is 23.5 Å². The predicted molar refractivity (Wildman–Crippen MR) is 131 cm³/mol. The standard InChI is InChI=1S/C25H33N5O5/c1-19(24(32)29-9-11-30(12-10-29)25(33)22-4-3-15-35-22)27(2)18-23(31)26-20-5-7-21(8-6-20)28-13-16-34-17-14-28/h3-8,15,19H,9-14,16-18H2,1-2H3,(H,26,31). The number of amides is 3. The fourth-order valence-electron chi connectivity index (χ4n) is 4.28. The van der Waals surface area contributed by atoms with E-state index >= 15 is 0 Å². The lowest BCUT2D eigenvalue weighted by molar-refractivity contribution is -0.137. The summed E-state index contributed by atoms with van der Waals surface area (Å²) in [6.45, 7) is 6.85. The van der Waals surface area contributed by atoms with E-state index in [0.717, 1.165) is 37.7 Å². The molecule has 2 aliphatic rings. The van der Waals surface area contributed by atoms with Gasteiger partial charge in [0.2, 0.25) is 11.8 Å². The summed E-state index contributed by atoms with van der Waals surface area (Å²) in [6, 6.07) is 10.6. The number of carbonyl (C=O) groups is 3. The number of nitrogens with one attached hydrogen (secondary N) is 1. The van der Waals surface area contributed by atoms with Crippen molar-refractivity contribution in [2.24, 2.45) is 0 Å². The van der Waals surface area contributed by atoms with Crippen molar-refractivity contribution in [3.8, 4) is 0 Å². The Morgan fingerprint density at radius 3 is 2.26 bits per heavy atom. The Kier molecular flexibility index (Phi) is 8.04. The molecule has 3 heterocycles. The van der Waals surface area contributed by atoms with E-state index in [1.54, 1.807) is 40.8 Å². The van der Waals surface area contributed by atoms with E-state index in [4.69, 9.17) is 9.15 Å². The Morgan fingerprint density at radius 1 is 0.971 bits per heavy atom. The summed E-state index contributed by atoms with van der Waals surface area (Å²) < 4.78 is 10.6. The number of nitrogens with zero attached hydrogens (tertiary/aromatic N) is 4. The molecule has 188 valence electrons. The third-order valence-electron chi connectivity index (χ3n) is 6.55. The van der Waals surface area contributed by atoms with Crippen LogP contribution in [0.15, 0.2) is 47.1 Å². The Balaban J connectivity index is 1.22. The number of anilines is 2. The first-order chi connectivity index (χ1) is 16.9. The van der Waals surface area contributed by atoms with Crippen LogP contribution in [-0.4, -0.2) is 105 Å². The minimum atomic E-state index is -0.461. The highest BCUT2D eigenvalue weighted by atomic mass is 16.5. The first-order valence-corrected chi connectivity index (χ1v) is 12.0. The van der Waals surface area contributed by atoms with Crippen LogP contribution in [0.25, 0.3) is 0 Å². The quantitative estimate of drug-likeness (QED) is 0.635. The summed E-state index contributed by atoms with van der Waals surface area (Å²) in [6.07, 6.45) is 1.47. The molecule has 1 N–H and O–H groups in total. The highest BCUT2D eigenvalue weighted by Gasteiger charge is 2.30. The van der Waals surface area contributed by atoms with Gasteiger partial charge in [0.15, 0.2) is 5.76 Å². The molecule has 1 aromatic carbocycles. The molecule has 1 unspecified atom stereocenters. The average molecular weight is 484 g/mol. The number of rotatable bonds is 7. The van der Waals surface area contributed by atoms with Gasteiger partial charge < -0.3 is 29.2 Å². The number of likely N-dealkylation sites (N-methyl/N-ethyl adjacent to an activating group) is 1. The highest BCUT2D eigenvalue weighted by Crippen LogP contribution is 2.19. The summed E-state index contributed by atoms with van der Waals surface area (Å²) >= 11 is 0. The Bertz CT molecular complexity index is 996. The molecule has 2 aromatic rings. The second-order valence-electron chi connectivity index (χ2n) is 8.88. The van der Waals surface area contributed by atoms with E-state index in [9.17, 15) is 14.4 Å². The molecular weight excluding hydrogens is 450 g/mol. The summed E-state index contributed by atoms with van der Waals surface area (Å²) in [5.41, 5.74) is 1.82. The maximum Gasteiger partial charge on any atom is 0.289 e. The lowest BCUT2D eigenvalue weighted by Crippen LogP contribution is -2.55. The molecule has 2 fully saturated rings. The number of piperazine rings is 1. The molecule has 10 heteroatoms. The molecule has 1 atom stereocenters. The van der Waals surface area contributed by atoms with Crippen LogP contribution in [0.1, 0.15) is 17.5 Å². The van der Waals surface area contributed by atoms with E-state index in [1.807, 2.05) is 24.3 Å². The molecule has 2 saturated heterocycles. The zero-order chi connectivity index (χ0) is 24.8. The summed E-state index contributed by atoms with van der Waals surface area (Å²) in [4.78, 5) is 45.4. The molecule has 0 radical (unpaired) electrons. The van der Waals surface area contributed by atoms with Crippen LogP contribution in [0.3, 0.4) is 0 Å². The molecule has 4 rings (SSSR count). The molecule has 1 aromatic heterocycles. The van der Waals surface area contributed by atoms with Crippen LogP contribution < -0.4 is 10.2 Å². The Morgan fingerprint density at radius 2 is 1.63 bits per heavy atom. The third-order valence-corrected chi connectivity index (χ3v) is 6.55. The maximum atomic E-state index is 13.0. The largest absolute Gasteiger partial charge is 0.459 e. The number of ether oxygens (including phenoxy) is 1. The van der Waals surface area contributed by atoms with Crippen LogP contribution in [0.2, 0.25) is 0 Å². The van der Waals surface area contributed by atoms with E-state index in [0.29, 0.717) is 31.9 Å². The predicted octanol–water partition coefficient (Wildman–Crippen LogP) is 1.36. The van der Waals surface area contributed by atoms with Gasteiger partial charge in [-0.2, -0.15) is 0 Å². The smallest absolute Gasteiger partial charge is 0.289 e. The molecule has 0 bridgehead atoms. The van der Waals surface area contributed by atoms with E-state index in [-0.39, 0.29) is 24.3 Å². The van der Waals surface area contributed by atoms with Gasteiger partial charge in [0.1, 0.15) is 0 Å². The van der Waals surface area contributed by atoms with Crippen LogP contribution in [0.5, 0.6) is 0 Å². The number of hydrogen-bond donors (Lipinski definition) is 1. The summed E-state index contributed by atoms with van der Waals surface area (Å²) in [7, 11) is 1.76. The van der Waals surface area contributed by atoms with Gasteiger partial charge in [0.25, 0.3) is 5.91 Å². The fraction of sp³-hybridized carbons (Fsp3) is 0.480. The topological polar surface area (TPSA) is 98.6 Å². The van der Waals surface area contributed by atoms with Crippen LogP contribution in [-0.2, 0) is 14.3 Å². The average Bonchev–Trinajstić information content (AvgIpc) is 3.43. The SMILES string of the molecule is CC(C(=O)N1CCN(C(=O)c2ccco2)CC1)N(C)CC(=O)Nc1ccc(N2CCOCC2)cc1. The van der Waals surface area contributed by atoms with Crippen molar-refractivity contribution in [3.63, 3.8) is 0 Å². The van der Waals surface area contributed by atoms with Crippen molar-refractivity contribution in [1.82, 2.24) is 14.7 Å². The van der Waals surface area contributed by atoms with E-state index < -0.39 is 6.04 Å². The van der Waals surface area contributed by atoms with Gasteiger partial charge >= 0.3 is 0 Å². The second-order valence-corrected chi connectivity index (χ2v) is 8.88. The van der Waals surface area contributed by atoms with Gasteiger partial charge in [0.05, 0.1) is 32.1 Å². The summed E-state index contributed by atoms with van der Waals surface area (Å²) in [5, 5.41) is 2.91. The Hall–Kier alpha value is -3.37. The first-order valence-electron chi connectivity index (χ1n) is 12.0.